The molecular weight excluding hydrogens is 717 g/mol. The Kier molecular flexibility index (Phi) is 14.2. The second-order valence-corrected chi connectivity index (χ2v) is 28.3. The summed E-state index contributed by atoms with van der Waals surface area (Å²) in [5, 5.41) is 9.89. The number of aryl methyl sites for hydroxylation is 2. The molecule has 8 nitrogen and oxygen atoms in total. The summed E-state index contributed by atoms with van der Waals surface area (Å²) in [6, 6.07) is 31.0. The van der Waals surface area contributed by atoms with Crippen LogP contribution in [0.25, 0.3) is 0 Å². The Hall–Kier alpha value is -3.88. The summed E-state index contributed by atoms with van der Waals surface area (Å²) in [6.07, 6.45) is 2.90. The van der Waals surface area contributed by atoms with Crippen LogP contribution in [0.3, 0.4) is 0 Å². The summed E-state index contributed by atoms with van der Waals surface area (Å²) >= 11 is 0. The monoisotopic (exact) mass is 774 g/mol. The molecule has 11 heteroatoms. The van der Waals surface area contributed by atoms with Gasteiger partial charge >= 0.3 is 14.7 Å². The Balaban J connectivity index is 1.24. The van der Waals surface area contributed by atoms with Crippen LogP contribution in [0.1, 0.15) is 48.9 Å². The van der Waals surface area contributed by atoms with Crippen LogP contribution in [0.2, 0.25) is 51.4 Å². The fourth-order valence-corrected chi connectivity index (χ4v) is 20.9. The standard InChI is InChI=1S/C42H58O8Si3/c1-42(2,34-18-12-11-13-19-34)35-22-24-36(25-23-35)47-41(44)48-38-27-21-33(31-40(38)46-4)17-15-29-52(7,8)50-53(9,10)49-51(5,6)28-14-16-32-20-26-37(43)39(30-32)45-3/h11-13,18-27,30-31,43H,14-17,28-29H2,1-10H3. The molecule has 0 aliphatic carbocycles. The molecule has 1 N–H and O–H groups in total. The molecular formula is C42H58O8Si3. The van der Waals surface area contributed by atoms with Crippen molar-refractivity contribution in [1.82, 2.24) is 0 Å². The first-order valence-corrected chi connectivity index (χ1v) is 27.5. The summed E-state index contributed by atoms with van der Waals surface area (Å²) in [4.78, 5) is 12.7. The van der Waals surface area contributed by atoms with Crippen molar-refractivity contribution in [2.45, 2.75) is 96.3 Å². The van der Waals surface area contributed by atoms with Crippen molar-refractivity contribution in [3.63, 3.8) is 0 Å². The number of phenolic OH excluding ortho intramolecular Hbond substituents is 1. The second kappa shape index (κ2) is 18.0. The van der Waals surface area contributed by atoms with Gasteiger partial charge in [0.2, 0.25) is 0 Å². The van der Waals surface area contributed by atoms with E-state index < -0.39 is 31.4 Å². The Bertz CT molecular complexity index is 1790. The predicted octanol–water partition coefficient (Wildman–Crippen LogP) is 11.0. The van der Waals surface area contributed by atoms with Gasteiger partial charge in [0.25, 0.3) is 0 Å². The van der Waals surface area contributed by atoms with Crippen LogP contribution in [0.4, 0.5) is 4.79 Å². The summed E-state index contributed by atoms with van der Waals surface area (Å²) in [6.45, 7) is 17.8. The molecule has 0 amide bonds. The predicted molar refractivity (Wildman–Crippen MR) is 220 cm³/mol. The molecule has 0 fully saturated rings. The van der Waals surface area contributed by atoms with Gasteiger partial charge in [-0.25, -0.2) is 4.79 Å². The average molecular weight is 775 g/mol. The molecule has 4 rings (SSSR count). The van der Waals surface area contributed by atoms with Crippen molar-refractivity contribution in [2.24, 2.45) is 0 Å². The van der Waals surface area contributed by atoms with E-state index >= 15 is 0 Å². The van der Waals surface area contributed by atoms with Gasteiger partial charge in [0.05, 0.1) is 14.2 Å². The van der Waals surface area contributed by atoms with Crippen LogP contribution in [0.5, 0.6) is 28.7 Å². The molecule has 53 heavy (non-hydrogen) atoms. The summed E-state index contributed by atoms with van der Waals surface area (Å²) in [7, 11) is -3.19. The van der Waals surface area contributed by atoms with Gasteiger partial charge in [0.15, 0.2) is 39.6 Å². The van der Waals surface area contributed by atoms with Crippen molar-refractivity contribution in [3.05, 3.63) is 113 Å². The zero-order valence-electron chi connectivity index (χ0n) is 33.2. The Morgan fingerprint density at radius 2 is 1.13 bits per heavy atom. The van der Waals surface area contributed by atoms with E-state index in [2.05, 4.69) is 65.3 Å². The van der Waals surface area contributed by atoms with E-state index in [-0.39, 0.29) is 11.2 Å². The molecule has 0 spiro atoms. The molecule has 0 aromatic heterocycles. The van der Waals surface area contributed by atoms with Crippen molar-refractivity contribution in [3.8, 4) is 28.7 Å². The van der Waals surface area contributed by atoms with Crippen LogP contribution in [0.15, 0.2) is 91.0 Å². The molecule has 286 valence electrons. The van der Waals surface area contributed by atoms with Gasteiger partial charge in [-0.05, 0) is 136 Å². The lowest BCUT2D eigenvalue weighted by atomic mass is 9.78. The van der Waals surface area contributed by atoms with E-state index in [4.69, 9.17) is 27.2 Å². The Morgan fingerprint density at radius 1 is 0.623 bits per heavy atom. The van der Waals surface area contributed by atoms with Crippen LogP contribution < -0.4 is 18.9 Å². The molecule has 0 heterocycles. The van der Waals surface area contributed by atoms with E-state index in [1.54, 1.807) is 38.5 Å². The number of phenols is 1. The maximum atomic E-state index is 12.7. The zero-order valence-corrected chi connectivity index (χ0v) is 36.2. The number of hydrogen-bond acceptors (Lipinski definition) is 8. The van der Waals surface area contributed by atoms with Gasteiger partial charge in [-0.15, -0.1) is 0 Å². The van der Waals surface area contributed by atoms with E-state index in [1.807, 2.05) is 54.6 Å². The van der Waals surface area contributed by atoms with E-state index in [0.717, 1.165) is 54.5 Å². The van der Waals surface area contributed by atoms with Crippen LogP contribution in [-0.4, -0.2) is 50.7 Å². The molecule has 0 saturated heterocycles. The van der Waals surface area contributed by atoms with Crippen molar-refractivity contribution in [2.75, 3.05) is 14.2 Å². The number of ether oxygens (including phenoxy) is 4. The van der Waals surface area contributed by atoms with Crippen molar-refractivity contribution >= 4 is 31.4 Å². The highest BCUT2D eigenvalue weighted by Crippen LogP contribution is 2.34. The summed E-state index contributed by atoms with van der Waals surface area (Å²) < 4.78 is 35.6. The van der Waals surface area contributed by atoms with Gasteiger partial charge < -0.3 is 32.3 Å². The molecule has 4 aromatic rings. The van der Waals surface area contributed by atoms with Crippen LogP contribution >= 0.6 is 0 Å². The third-order valence-electron chi connectivity index (χ3n) is 9.47. The molecule has 0 aliphatic rings. The first-order chi connectivity index (χ1) is 24.9. The summed E-state index contributed by atoms with van der Waals surface area (Å²) in [5.41, 5.74) is 4.36. The Labute approximate surface area is 319 Å². The van der Waals surface area contributed by atoms with E-state index in [1.165, 1.54) is 5.56 Å². The second-order valence-electron chi connectivity index (χ2n) is 15.8. The lowest BCUT2D eigenvalue weighted by Gasteiger charge is -2.39. The molecule has 0 atom stereocenters. The Morgan fingerprint density at radius 3 is 1.68 bits per heavy atom. The van der Waals surface area contributed by atoms with Gasteiger partial charge in [-0.1, -0.05) is 68.4 Å². The molecule has 0 aliphatic heterocycles. The quantitative estimate of drug-likeness (QED) is 0.0607. The highest BCUT2D eigenvalue weighted by molar-refractivity contribution is 6.87. The minimum Gasteiger partial charge on any atom is -0.504 e. The number of carbonyl (C=O) groups is 1. The van der Waals surface area contributed by atoms with E-state index in [0.29, 0.717) is 23.0 Å². The third kappa shape index (κ3) is 12.6. The molecule has 0 saturated carbocycles. The summed E-state index contributed by atoms with van der Waals surface area (Å²) in [5.74, 6) is 1.86. The normalized spacial score (nSPS) is 12.3. The minimum atomic E-state index is -2.36. The van der Waals surface area contributed by atoms with Gasteiger partial charge in [0.1, 0.15) is 5.75 Å². The fourth-order valence-electron chi connectivity index (χ4n) is 6.89. The first kappa shape index (κ1) is 41.9. The SMILES string of the molecule is COc1cc(CCC[Si](C)(C)O[Si](C)(C)O[Si](C)(C)CCCc2ccc(OC(=O)Oc3ccc(C(C)(C)c4ccccc4)cc3)c(OC)c2)ccc1O. The number of benzene rings is 4. The van der Waals surface area contributed by atoms with Gasteiger partial charge in [-0.2, -0.15) is 0 Å². The lowest BCUT2D eigenvalue weighted by molar-refractivity contribution is 0.150. The number of carbonyl (C=O) groups excluding carboxylic acids is 1. The topological polar surface area (TPSA) is 92.7 Å². The first-order valence-electron chi connectivity index (χ1n) is 18.4. The highest BCUT2D eigenvalue weighted by atomic mass is 28.5. The molecule has 0 unspecified atom stereocenters. The third-order valence-corrected chi connectivity index (χ3v) is 20.9. The minimum absolute atomic E-state index is 0.162. The lowest BCUT2D eigenvalue weighted by Crippen LogP contribution is -2.52. The fraction of sp³-hybridized carbons (Fsp3) is 0.405. The van der Waals surface area contributed by atoms with Crippen LogP contribution in [0, 0.1) is 0 Å². The molecule has 4 aromatic carbocycles. The number of methoxy groups -OCH3 is 2. The maximum absolute atomic E-state index is 12.7. The smallest absolute Gasteiger partial charge is 0.504 e. The molecule has 0 bridgehead atoms. The van der Waals surface area contributed by atoms with Gasteiger partial charge in [0, 0.05) is 5.41 Å². The number of rotatable bonds is 18. The van der Waals surface area contributed by atoms with Crippen LogP contribution in [-0.2, 0) is 26.5 Å². The van der Waals surface area contributed by atoms with E-state index in [9.17, 15) is 9.90 Å². The largest absolute Gasteiger partial charge is 0.519 e. The maximum Gasteiger partial charge on any atom is 0.519 e. The number of hydrogen-bond donors (Lipinski definition) is 1. The van der Waals surface area contributed by atoms with Crippen molar-refractivity contribution < 1.29 is 37.1 Å². The van der Waals surface area contributed by atoms with Gasteiger partial charge in [-0.3, -0.25) is 0 Å². The number of aromatic hydroxyl groups is 1. The van der Waals surface area contributed by atoms with Crippen molar-refractivity contribution in [1.29, 1.82) is 0 Å². The molecule has 0 radical (unpaired) electrons. The average Bonchev–Trinajstić information content (AvgIpc) is 3.09. The highest BCUT2D eigenvalue weighted by Gasteiger charge is 2.39. The zero-order chi connectivity index (χ0) is 38.9.